The van der Waals surface area contributed by atoms with Gasteiger partial charge in [0.15, 0.2) is 0 Å². The quantitative estimate of drug-likeness (QED) is 0.368. The second-order valence-corrected chi connectivity index (χ2v) is 4.27. The van der Waals surface area contributed by atoms with Crippen molar-refractivity contribution in [1.29, 1.82) is 0 Å². The van der Waals surface area contributed by atoms with Gasteiger partial charge in [0.25, 0.3) is 0 Å². The van der Waals surface area contributed by atoms with E-state index in [-0.39, 0.29) is 0 Å². The molecule has 0 aliphatic carbocycles. The average molecular weight is 182 g/mol. The summed E-state index contributed by atoms with van der Waals surface area (Å²) in [5, 5.41) is 0. The Morgan fingerprint density at radius 1 is 0.923 bits per heavy atom. The van der Waals surface area contributed by atoms with Crippen molar-refractivity contribution in [3.8, 4) is 0 Å². The van der Waals surface area contributed by atoms with Crippen LogP contribution >= 0.6 is 0 Å². The summed E-state index contributed by atoms with van der Waals surface area (Å²) in [5.41, 5.74) is 0. The molecule has 0 heteroatoms. The van der Waals surface area contributed by atoms with E-state index >= 15 is 0 Å². The van der Waals surface area contributed by atoms with E-state index in [4.69, 9.17) is 0 Å². The van der Waals surface area contributed by atoms with Crippen LogP contribution in [0.1, 0.15) is 65.7 Å². The van der Waals surface area contributed by atoms with Gasteiger partial charge in [-0.05, 0) is 25.2 Å². The number of hydrogen-bond acceptors (Lipinski definition) is 0. The van der Waals surface area contributed by atoms with Crippen LogP contribution in [0.25, 0.3) is 0 Å². The lowest BCUT2D eigenvalue weighted by atomic mass is 10.0. The molecular formula is C13H26. The molecule has 0 atom stereocenters. The number of allylic oxidation sites excluding steroid dienone is 2. The third kappa shape index (κ3) is 11.7. The average Bonchev–Trinajstić information content (AvgIpc) is 2.09. The highest BCUT2D eigenvalue weighted by Gasteiger charge is 1.93. The minimum absolute atomic E-state index is 0.889. The van der Waals surface area contributed by atoms with E-state index in [1.807, 2.05) is 0 Å². The molecule has 0 bridgehead atoms. The predicted octanol–water partition coefficient (Wildman–Crippen LogP) is 4.95. The van der Waals surface area contributed by atoms with Crippen LogP contribution in [0.2, 0.25) is 0 Å². The SMILES string of the molecule is CCC=CCCCCCCC(C)C. The largest absolute Gasteiger partial charge is 0.0888 e. The highest BCUT2D eigenvalue weighted by Crippen LogP contribution is 2.10. The van der Waals surface area contributed by atoms with E-state index in [0.717, 1.165) is 5.92 Å². The molecule has 0 aromatic heterocycles. The molecular weight excluding hydrogens is 156 g/mol. The number of rotatable bonds is 8. The fraction of sp³-hybridized carbons (Fsp3) is 0.846. The van der Waals surface area contributed by atoms with Gasteiger partial charge in [-0.3, -0.25) is 0 Å². The molecule has 13 heavy (non-hydrogen) atoms. The van der Waals surface area contributed by atoms with E-state index in [1.165, 1.54) is 44.9 Å². The summed E-state index contributed by atoms with van der Waals surface area (Å²) < 4.78 is 0. The Morgan fingerprint density at radius 3 is 2.23 bits per heavy atom. The summed E-state index contributed by atoms with van der Waals surface area (Å²) in [5.74, 6) is 0.889. The van der Waals surface area contributed by atoms with Gasteiger partial charge in [0.1, 0.15) is 0 Å². The van der Waals surface area contributed by atoms with Gasteiger partial charge in [0, 0.05) is 0 Å². The topological polar surface area (TPSA) is 0 Å². The normalized spacial score (nSPS) is 11.7. The van der Waals surface area contributed by atoms with Crippen LogP contribution < -0.4 is 0 Å². The Balaban J connectivity index is 2.95. The highest BCUT2D eigenvalue weighted by atomic mass is 14.0. The molecule has 0 nitrogen and oxygen atoms in total. The van der Waals surface area contributed by atoms with Crippen molar-refractivity contribution >= 4 is 0 Å². The molecule has 78 valence electrons. The molecule has 0 heterocycles. The van der Waals surface area contributed by atoms with Crippen LogP contribution in [-0.2, 0) is 0 Å². The van der Waals surface area contributed by atoms with Gasteiger partial charge in [-0.1, -0.05) is 58.6 Å². The summed E-state index contributed by atoms with van der Waals surface area (Å²) in [6.45, 7) is 6.81. The van der Waals surface area contributed by atoms with E-state index in [9.17, 15) is 0 Å². The Hall–Kier alpha value is -0.260. The molecule has 0 aromatic rings. The molecule has 0 rings (SSSR count). The summed E-state index contributed by atoms with van der Waals surface area (Å²) in [7, 11) is 0. The van der Waals surface area contributed by atoms with Crippen LogP contribution in [0.3, 0.4) is 0 Å². The summed E-state index contributed by atoms with van der Waals surface area (Å²) in [6, 6.07) is 0. The second kappa shape index (κ2) is 9.83. The molecule has 0 fully saturated rings. The Labute approximate surface area is 84.4 Å². The number of unbranched alkanes of at least 4 members (excludes halogenated alkanes) is 4. The number of hydrogen-bond donors (Lipinski definition) is 0. The van der Waals surface area contributed by atoms with Crippen molar-refractivity contribution in [2.75, 3.05) is 0 Å². The minimum atomic E-state index is 0.889. The second-order valence-electron chi connectivity index (χ2n) is 4.27. The third-order valence-electron chi connectivity index (χ3n) is 2.30. The Morgan fingerprint density at radius 2 is 1.62 bits per heavy atom. The van der Waals surface area contributed by atoms with E-state index in [0.29, 0.717) is 0 Å². The monoisotopic (exact) mass is 182 g/mol. The van der Waals surface area contributed by atoms with Gasteiger partial charge in [-0.15, -0.1) is 0 Å². The third-order valence-corrected chi connectivity index (χ3v) is 2.30. The smallest absolute Gasteiger partial charge is 0.0351 e. The lowest BCUT2D eigenvalue weighted by molar-refractivity contribution is 0.521. The van der Waals surface area contributed by atoms with Crippen LogP contribution in [-0.4, -0.2) is 0 Å². The Bertz CT molecular complexity index is 111. The first-order chi connectivity index (χ1) is 6.27. The minimum Gasteiger partial charge on any atom is -0.0888 e. The first-order valence-electron chi connectivity index (χ1n) is 5.92. The van der Waals surface area contributed by atoms with Gasteiger partial charge < -0.3 is 0 Å². The van der Waals surface area contributed by atoms with Crippen LogP contribution in [0.5, 0.6) is 0 Å². The van der Waals surface area contributed by atoms with E-state index in [1.54, 1.807) is 0 Å². The lowest BCUT2D eigenvalue weighted by Gasteiger charge is -2.02. The summed E-state index contributed by atoms with van der Waals surface area (Å²) >= 11 is 0. The van der Waals surface area contributed by atoms with Gasteiger partial charge in [-0.25, -0.2) is 0 Å². The molecule has 0 aliphatic heterocycles. The zero-order chi connectivity index (χ0) is 9.94. The van der Waals surface area contributed by atoms with Gasteiger partial charge in [-0.2, -0.15) is 0 Å². The molecule has 0 saturated heterocycles. The van der Waals surface area contributed by atoms with E-state index < -0.39 is 0 Å². The first-order valence-corrected chi connectivity index (χ1v) is 5.92. The van der Waals surface area contributed by atoms with Crippen molar-refractivity contribution in [3.05, 3.63) is 12.2 Å². The summed E-state index contributed by atoms with van der Waals surface area (Å²) in [4.78, 5) is 0. The maximum Gasteiger partial charge on any atom is -0.0351 e. The van der Waals surface area contributed by atoms with Gasteiger partial charge in [0.05, 0.1) is 0 Å². The molecule has 0 aliphatic rings. The fourth-order valence-electron chi connectivity index (χ4n) is 1.45. The molecule has 0 N–H and O–H groups in total. The van der Waals surface area contributed by atoms with Crippen molar-refractivity contribution in [2.24, 2.45) is 5.92 Å². The fourth-order valence-corrected chi connectivity index (χ4v) is 1.45. The van der Waals surface area contributed by atoms with Crippen molar-refractivity contribution in [1.82, 2.24) is 0 Å². The molecule has 0 aromatic carbocycles. The van der Waals surface area contributed by atoms with Gasteiger partial charge >= 0.3 is 0 Å². The van der Waals surface area contributed by atoms with Crippen LogP contribution in [0.15, 0.2) is 12.2 Å². The van der Waals surface area contributed by atoms with Crippen LogP contribution in [0.4, 0.5) is 0 Å². The Kier molecular flexibility index (Phi) is 9.63. The zero-order valence-corrected chi connectivity index (χ0v) is 9.68. The molecule has 0 radical (unpaired) electrons. The molecule has 0 spiro atoms. The summed E-state index contributed by atoms with van der Waals surface area (Å²) in [6.07, 6.45) is 14.1. The highest BCUT2D eigenvalue weighted by molar-refractivity contribution is 4.79. The van der Waals surface area contributed by atoms with Crippen molar-refractivity contribution < 1.29 is 0 Å². The lowest BCUT2D eigenvalue weighted by Crippen LogP contribution is -1.86. The molecule has 0 amide bonds. The van der Waals surface area contributed by atoms with Gasteiger partial charge in [0.2, 0.25) is 0 Å². The maximum atomic E-state index is 2.32. The van der Waals surface area contributed by atoms with E-state index in [2.05, 4.69) is 32.9 Å². The molecule has 0 unspecified atom stereocenters. The maximum absolute atomic E-state index is 2.32. The molecule has 0 saturated carbocycles. The standard InChI is InChI=1S/C13H26/c1-4-5-6-7-8-9-10-11-12-13(2)3/h5-6,13H,4,7-12H2,1-3H3. The first kappa shape index (κ1) is 12.7. The van der Waals surface area contributed by atoms with Crippen molar-refractivity contribution in [3.63, 3.8) is 0 Å². The van der Waals surface area contributed by atoms with Crippen molar-refractivity contribution in [2.45, 2.75) is 65.7 Å². The van der Waals surface area contributed by atoms with Crippen LogP contribution in [0, 0.1) is 5.92 Å². The predicted molar refractivity (Wildman–Crippen MR) is 62.0 cm³/mol. The zero-order valence-electron chi connectivity index (χ0n) is 9.68.